The van der Waals surface area contributed by atoms with Crippen molar-refractivity contribution in [2.45, 2.75) is 52.5 Å². The average molecular weight is 201 g/mol. The second kappa shape index (κ2) is 6.82. The molecular formula is C11H23NO2. The van der Waals surface area contributed by atoms with Gasteiger partial charge in [0.2, 0.25) is 0 Å². The van der Waals surface area contributed by atoms with E-state index in [1.54, 1.807) is 0 Å². The van der Waals surface area contributed by atoms with Crippen LogP contribution in [-0.4, -0.2) is 17.1 Å². The number of carboxylic acid groups (broad SMARTS) is 1. The lowest BCUT2D eigenvalue weighted by Crippen LogP contribution is -2.33. The number of rotatable bonds is 7. The van der Waals surface area contributed by atoms with Crippen LogP contribution in [0.1, 0.15) is 46.5 Å². The van der Waals surface area contributed by atoms with Crippen molar-refractivity contribution in [1.82, 2.24) is 0 Å². The standard InChI is InChI=1S/C11H23NO2/c1-4-6-8(3)9(5-2)7-10(12)11(13)14/h8-10H,4-7,12H2,1-3H3,(H,13,14)/t8?,9?,10-/m0/s1. The highest BCUT2D eigenvalue weighted by molar-refractivity contribution is 5.73. The topological polar surface area (TPSA) is 63.3 Å². The predicted octanol–water partition coefficient (Wildman–Crippen LogP) is 2.25. The minimum absolute atomic E-state index is 0.445. The van der Waals surface area contributed by atoms with E-state index in [4.69, 9.17) is 10.8 Å². The first-order chi connectivity index (χ1) is 6.52. The largest absolute Gasteiger partial charge is 0.480 e. The molecule has 0 bridgehead atoms. The highest BCUT2D eigenvalue weighted by atomic mass is 16.4. The molecule has 0 aromatic rings. The molecule has 2 unspecified atom stereocenters. The molecule has 0 saturated carbocycles. The Morgan fingerprint density at radius 3 is 2.36 bits per heavy atom. The van der Waals surface area contributed by atoms with E-state index in [2.05, 4.69) is 20.8 Å². The molecule has 3 N–H and O–H groups in total. The van der Waals surface area contributed by atoms with Crippen LogP contribution >= 0.6 is 0 Å². The Morgan fingerprint density at radius 2 is 2.00 bits per heavy atom. The van der Waals surface area contributed by atoms with Crippen LogP contribution < -0.4 is 5.73 Å². The fourth-order valence-electron chi connectivity index (χ4n) is 1.92. The van der Waals surface area contributed by atoms with Crippen LogP contribution in [-0.2, 0) is 4.79 Å². The summed E-state index contributed by atoms with van der Waals surface area (Å²) in [5.41, 5.74) is 5.53. The molecule has 14 heavy (non-hydrogen) atoms. The summed E-state index contributed by atoms with van der Waals surface area (Å²) in [6.07, 6.45) is 3.93. The van der Waals surface area contributed by atoms with E-state index in [1.807, 2.05) is 0 Å². The molecule has 0 aromatic carbocycles. The number of hydrogen-bond acceptors (Lipinski definition) is 2. The summed E-state index contributed by atoms with van der Waals surface area (Å²) in [5, 5.41) is 8.71. The molecule has 0 aliphatic carbocycles. The first-order valence-electron chi connectivity index (χ1n) is 5.51. The van der Waals surface area contributed by atoms with Crippen LogP contribution in [0.25, 0.3) is 0 Å². The molecule has 0 radical (unpaired) electrons. The van der Waals surface area contributed by atoms with Crippen LogP contribution in [0, 0.1) is 11.8 Å². The molecule has 0 fully saturated rings. The molecule has 3 atom stereocenters. The summed E-state index contributed by atoms with van der Waals surface area (Å²) < 4.78 is 0. The van der Waals surface area contributed by atoms with Crippen molar-refractivity contribution in [3.05, 3.63) is 0 Å². The summed E-state index contributed by atoms with van der Waals surface area (Å²) in [5.74, 6) is 0.142. The van der Waals surface area contributed by atoms with Crippen LogP contribution in [0.5, 0.6) is 0 Å². The van der Waals surface area contributed by atoms with Gasteiger partial charge in [-0.15, -0.1) is 0 Å². The van der Waals surface area contributed by atoms with Gasteiger partial charge < -0.3 is 10.8 Å². The average Bonchev–Trinajstić information content (AvgIpc) is 2.13. The molecule has 0 rings (SSSR count). The third-order valence-corrected chi connectivity index (χ3v) is 2.95. The quantitative estimate of drug-likeness (QED) is 0.664. The Morgan fingerprint density at radius 1 is 1.43 bits per heavy atom. The van der Waals surface area contributed by atoms with Gasteiger partial charge in [0.1, 0.15) is 6.04 Å². The number of nitrogens with two attached hydrogens (primary N) is 1. The van der Waals surface area contributed by atoms with E-state index >= 15 is 0 Å². The maximum atomic E-state index is 10.6. The van der Waals surface area contributed by atoms with Crippen molar-refractivity contribution in [2.24, 2.45) is 17.6 Å². The monoisotopic (exact) mass is 201 g/mol. The number of carbonyl (C=O) groups is 1. The van der Waals surface area contributed by atoms with Crippen molar-refractivity contribution in [1.29, 1.82) is 0 Å². The Labute approximate surface area is 86.7 Å². The zero-order chi connectivity index (χ0) is 11.1. The second-order valence-electron chi connectivity index (χ2n) is 4.11. The number of aliphatic carboxylic acids is 1. The molecule has 0 aromatic heterocycles. The van der Waals surface area contributed by atoms with Crippen molar-refractivity contribution in [3.63, 3.8) is 0 Å². The van der Waals surface area contributed by atoms with E-state index in [-0.39, 0.29) is 0 Å². The van der Waals surface area contributed by atoms with Gasteiger partial charge in [0.25, 0.3) is 0 Å². The second-order valence-corrected chi connectivity index (χ2v) is 4.11. The molecular weight excluding hydrogens is 178 g/mol. The smallest absolute Gasteiger partial charge is 0.320 e. The van der Waals surface area contributed by atoms with Crippen molar-refractivity contribution >= 4 is 5.97 Å². The molecule has 0 aliphatic rings. The predicted molar refractivity (Wildman–Crippen MR) is 58.1 cm³/mol. The van der Waals surface area contributed by atoms with Crippen molar-refractivity contribution < 1.29 is 9.90 Å². The van der Waals surface area contributed by atoms with Crippen molar-refractivity contribution in [3.8, 4) is 0 Å². The van der Waals surface area contributed by atoms with Crippen LogP contribution in [0.3, 0.4) is 0 Å². The van der Waals surface area contributed by atoms with Gasteiger partial charge in [-0.3, -0.25) is 4.79 Å². The maximum absolute atomic E-state index is 10.6. The van der Waals surface area contributed by atoms with Gasteiger partial charge in [0.05, 0.1) is 0 Å². The molecule has 3 heteroatoms. The lowest BCUT2D eigenvalue weighted by atomic mass is 9.83. The Bertz CT molecular complexity index is 171. The van der Waals surface area contributed by atoms with E-state index in [1.165, 1.54) is 0 Å². The molecule has 0 spiro atoms. The molecule has 0 amide bonds. The zero-order valence-electron chi connectivity index (χ0n) is 9.49. The van der Waals surface area contributed by atoms with Gasteiger partial charge in [-0.1, -0.05) is 40.0 Å². The van der Waals surface area contributed by atoms with Crippen LogP contribution in [0.4, 0.5) is 0 Å². The van der Waals surface area contributed by atoms with Crippen LogP contribution in [0.2, 0.25) is 0 Å². The molecule has 84 valence electrons. The van der Waals surface area contributed by atoms with Gasteiger partial charge in [-0.2, -0.15) is 0 Å². The fraction of sp³-hybridized carbons (Fsp3) is 0.909. The van der Waals surface area contributed by atoms with Gasteiger partial charge >= 0.3 is 5.97 Å². The molecule has 3 nitrogen and oxygen atoms in total. The zero-order valence-corrected chi connectivity index (χ0v) is 9.49. The third-order valence-electron chi connectivity index (χ3n) is 2.95. The highest BCUT2D eigenvalue weighted by Crippen LogP contribution is 2.24. The van der Waals surface area contributed by atoms with E-state index in [0.717, 1.165) is 19.3 Å². The Kier molecular flexibility index (Phi) is 6.54. The van der Waals surface area contributed by atoms with Gasteiger partial charge in [-0.05, 0) is 18.3 Å². The summed E-state index contributed by atoms with van der Waals surface area (Å²) in [6, 6.07) is -0.695. The summed E-state index contributed by atoms with van der Waals surface area (Å²) in [4.78, 5) is 10.6. The SMILES string of the molecule is CCCC(C)C(CC)C[C@H](N)C(=O)O. The van der Waals surface area contributed by atoms with Gasteiger partial charge in [0, 0.05) is 0 Å². The minimum atomic E-state index is -0.882. The lowest BCUT2D eigenvalue weighted by molar-refractivity contribution is -0.139. The first kappa shape index (κ1) is 13.4. The van der Waals surface area contributed by atoms with E-state index < -0.39 is 12.0 Å². The third kappa shape index (κ3) is 4.61. The minimum Gasteiger partial charge on any atom is -0.480 e. The maximum Gasteiger partial charge on any atom is 0.320 e. The summed E-state index contributed by atoms with van der Waals surface area (Å²) in [7, 11) is 0. The fourth-order valence-corrected chi connectivity index (χ4v) is 1.92. The Balaban J connectivity index is 4.07. The van der Waals surface area contributed by atoms with Gasteiger partial charge in [0.15, 0.2) is 0 Å². The number of hydrogen-bond donors (Lipinski definition) is 2. The number of carboxylic acids is 1. The van der Waals surface area contributed by atoms with Crippen LogP contribution in [0.15, 0.2) is 0 Å². The molecule has 0 saturated heterocycles. The Hall–Kier alpha value is -0.570. The first-order valence-corrected chi connectivity index (χ1v) is 5.51. The van der Waals surface area contributed by atoms with Gasteiger partial charge in [-0.25, -0.2) is 0 Å². The molecule has 0 aliphatic heterocycles. The summed E-state index contributed by atoms with van der Waals surface area (Å²) in [6.45, 7) is 6.44. The van der Waals surface area contributed by atoms with E-state index in [0.29, 0.717) is 18.3 Å². The normalized spacial score (nSPS) is 17.4. The molecule has 0 heterocycles. The highest BCUT2D eigenvalue weighted by Gasteiger charge is 2.21. The van der Waals surface area contributed by atoms with E-state index in [9.17, 15) is 4.79 Å². The summed E-state index contributed by atoms with van der Waals surface area (Å²) >= 11 is 0. The van der Waals surface area contributed by atoms with Crippen molar-refractivity contribution in [2.75, 3.05) is 0 Å². The lowest BCUT2D eigenvalue weighted by Gasteiger charge is -2.23.